The van der Waals surface area contributed by atoms with Gasteiger partial charge in [-0.05, 0) is 18.7 Å². The minimum absolute atomic E-state index is 0.0738. The number of hydrogen-bond acceptors (Lipinski definition) is 7. The van der Waals surface area contributed by atoms with Crippen LogP contribution in [0, 0.1) is 17.2 Å². The summed E-state index contributed by atoms with van der Waals surface area (Å²) in [7, 11) is 0. The Kier molecular flexibility index (Phi) is 7.32. The molecule has 0 radical (unpaired) electrons. The Morgan fingerprint density at radius 3 is 2.39 bits per heavy atom. The van der Waals surface area contributed by atoms with E-state index in [-0.39, 0.29) is 11.4 Å². The van der Waals surface area contributed by atoms with Crippen LogP contribution in [0.3, 0.4) is 0 Å². The van der Waals surface area contributed by atoms with Crippen molar-refractivity contribution < 1.29 is 20.1 Å². The molecule has 0 spiro atoms. The summed E-state index contributed by atoms with van der Waals surface area (Å²) in [5, 5.41) is 18.0. The molecule has 3 aromatic rings. The van der Waals surface area contributed by atoms with Crippen molar-refractivity contribution in [2.75, 3.05) is 12.4 Å². The summed E-state index contributed by atoms with van der Waals surface area (Å²) in [5.41, 5.74) is 5.40. The molecular formula is C22H20N5O3S+. The molecule has 1 heterocycles. The molecule has 1 aromatic heterocycles. The fraction of sp³-hybridized carbons (Fsp3) is 0.136. The number of rotatable bonds is 9. The Hall–Kier alpha value is -3.74. The van der Waals surface area contributed by atoms with E-state index in [1.807, 2.05) is 65.2 Å². The number of hydrogen-bond donors (Lipinski definition) is 1. The van der Waals surface area contributed by atoms with Crippen LogP contribution in [0.25, 0.3) is 17.1 Å². The van der Waals surface area contributed by atoms with Crippen LogP contribution in [0.1, 0.15) is 0 Å². The second-order valence-electron chi connectivity index (χ2n) is 6.48. The highest BCUT2D eigenvalue weighted by Gasteiger charge is 2.24. The van der Waals surface area contributed by atoms with Crippen LogP contribution in [0.5, 0.6) is 0 Å². The second kappa shape index (κ2) is 10.3. The molecule has 156 valence electrons. The Morgan fingerprint density at radius 1 is 1.13 bits per heavy atom. The number of carbonyl (C=O) groups excluding carboxylic acids is 2. The first kappa shape index (κ1) is 22.0. The molecule has 0 saturated heterocycles. The van der Waals surface area contributed by atoms with Gasteiger partial charge in [0.25, 0.3) is 0 Å². The zero-order chi connectivity index (χ0) is 22.2. The van der Waals surface area contributed by atoms with Gasteiger partial charge >= 0.3 is 5.97 Å². The van der Waals surface area contributed by atoms with Crippen molar-refractivity contribution in [2.45, 2.75) is 5.16 Å². The van der Waals surface area contributed by atoms with Crippen LogP contribution in [-0.4, -0.2) is 38.9 Å². The number of esters is 1. The summed E-state index contributed by atoms with van der Waals surface area (Å²) >= 11 is 1.15. The predicted octanol–water partition coefficient (Wildman–Crippen LogP) is 2.03. The van der Waals surface area contributed by atoms with E-state index in [0.717, 1.165) is 23.0 Å². The van der Waals surface area contributed by atoms with E-state index >= 15 is 0 Å². The third-order valence-electron chi connectivity index (χ3n) is 4.23. The number of ketones is 1. The summed E-state index contributed by atoms with van der Waals surface area (Å²) in [5.74, 6) is -1.68. The van der Waals surface area contributed by atoms with Crippen molar-refractivity contribution in [2.24, 2.45) is 5.92 Å². The lowest BCUT2D eigenvalue weighted by Crippen LogP contribution is -2.51. The van der Waals surface area contributed by atoms with Gasteiger partial charge in [-0.2, -0.15) is 5.26 Å². The molecule has 0 saturated carbocycles. The topological polar surface area (TPSA) is 126 Å². The van der Waals surface area contributed by atoms with E-state index in [9.17, 15) is 9.59 Å². The molecule has 2 aromatic carbocycles. The predicted molar refractivity (Wildman–Crippen MR) is 115 cm³/mol. The number of para-hydroxylation sites is 1. The third-order valence-corrected chi connectivity index (χ3v) is 5.14. The number of allylic oxidation sites excluding steroid dienone is 1. The first-order valence-electron chi connectivity index (χ1n) is 9.29. The van der Waals surface area contributed by atoms with Crippen LogP contribution >= 0.6 is 11.8 Å². The van der Waals surface area contributed by atoms with E-state index in [2.05, 4.69) is 22.5 Å². The molecule has 0 aliphatic carbocycles. The van der Waals surface area contributed by atoms with Gasteiger partial charge in [0.1, 0.15) is 5.70 Å². The molecule has 8 nitrogen and oxygen atoms in total. The highest BCUT2D eigenvalue weighted by molar-refractivity contribution is 7.99. The number of carbonyl (C=O) groups is 2. The molecule has 0 fully saturated rings. The van der Waals surface area contributed by atoms with Gasteiger partial charge in [0.05, 0.1) is 11.8 Å². The highest BCUT2D eigenvalue weighted by atomic mass is 32.2. The zero-order valence-electron chi connectivity index (χ0n) is 16.6. The van der Waals surface area contributed by atoms with Gasteiger partial charge in [-0.25, -0.2) is 0 Å². The molecule has 0 aliphatic heterocycles. The van der Waals surface area contributed by atoms with Gasteiger partial charge in [0, 0.05) is 11.3 Å². The first-order valence-corrected chi connectivity index (χ1v) is 10.3. The molecule has 1 atom stereocenters. The molecule has 3 rings (SSSR count). The van der Waals surface area contributed by atoms with Gasteiger partial charge < -0.3 is 10.5 Å². The normalized spacial score (nSPS) is 11.4. The summed E-state index contributed by atoms with van der Waals surface area (Å²) < 4.78 is 6.87. The summed E-state index contributed by atoms with van der Waals surface area (Å²) in [6, 6.07) is 21.0. The maximum absolute atomic E-state index is 12.2. The lowest BCUT2D eigenvalue weighted by Gasteiger charge is -2.10. The SMILES string of the molecule is C=C([NH3+])[C@@H](C#N)C(=O)COC(=O)CSc1nnc(-c2ccccc2)n1-c1ccccc1. The van der Waals surface area contributed by atoms with Gasteiger partial charge in [0.15, 0.2) is 29.3 Å². The van der Waals surface area contributed by atoms with E-state index in [0.29, 0.717) is 11.0 Å². The van der Waals surface area contributed by atoms with Gasteiger partial charge in [0.2, 0.25) is 0 Å². The van der Waals surface area contributed by atoms with E-state index in [1.54, 1.807) is 6.07 Å². The van der Waals surface area contributed by atoms with Crippen molar-refractivity contribution >= 4 is 23.5 Å². The maximum Gasteiger partial charge on any atom is 0.316 e. The summed E-state index contributed by atoms with van der Waals surface area (Å²) in [6.07, 6.45) is 0. The number of thioether (sulfide) groups is 1. The molecule has 3 N–H and O–H groups in total. The second-order valence-corrected chi connectivity index (χ2v) is 7.42. The Labute approximate surface area is 183 Å². The summed E-state index contributed by atoms with van der Waals surface area (Å²) in [6.45, 7) is 2.99. The number of ether oxygens (including phenoxy) is 1. The number of quaternary nitrogens is 1. The molecule has 0 bridgehead atoms. The molecule has 0 aliphatic rings. The number of benzene rings is 2. The van der Waals surface area contributed by atoms with Crippen molar-refractivity contribution in [3.8, 4) is 23.1 Å². The molecule has 9 heteroatoms. The van der Waals surface area contributed by atoms with Crippen LogP contribution in [0.2, 0.25) is 0 Å². The van der Waals surface area contributed by atoms with Crippen molar-refractivity contribution in [3.63, 3.8) is 0 Å². The van der Waals surface area contributed by atoms with Crippen LogP contribution in [-0.2, 0) is 14.3 Å². The number of nitrogens with zero attached hydrogens (tertiary/aromatic N) is 4. The highest BCUT2D eigenvalue weighted by Crippen LogP contribution is 2.27. The van der Waals surface area contributed by atoms with Crippen molar-refractivity contribution in [3.05, 3.63) is 72.9 Å². The number of nitriles is 1. The lowest BCUT2D eigenvalue weighted by atomic mass is 10.0. The third kappa shape index (κ3) is 5.45. The molecule has 0 unspecified atom stereocenters. The van der Waals surface area contributed by atoms with Crippen molar-refractivity contribution in [1.82, 2.24) is 14.8 Å². The van der Waals surface area contributed by atoms with Crippen LogP contribution in [0.15, 0.2) is 78.1 Å². The fourth-order valence-corrected chi connectivity index (χ4v) is 3.49. The van der Waals surface area contributed by atoms with E-state index in [4.69, 9.17) is 10.00 Å². The van der Waals surface area contributed by atoms with Gasteiger partial charge in [-0.15, -0.1) is 10.2 Å². The van der Waals surface area contributed by atoms with Gasteiger partial charge in [-0.3, -0.25) is 14.2 Å². The first-order chi connectivity index (χ1) is 15.0. The minimum Gasteiger partial charge on any atom is -0.457 e. The number of Topliss-reactive ketones (excluding diaryl/α,β-unsaturated/α-hetero) is 1. The monoisotopic (exact) mass is 434 g/mol. The van der Waals surface area contributed by atoms with Crippen LogP contribution in [0.4, 0.5) is 0 Å². The van der Waals surface area contributed by atoms with Crippen molar-refractivity contribution in [1.29, 1.82) is 5.26 Å². The Morgan fingerprint density at radius 2 is 1.77 bits per heavy atom. The van der Waals surface area contributed by atoms with E-state index in [1.165, 1.54) is 0 Å². The maximum atomic E-state index is 12.2. The molecular weight excluding hydrogens is 414 g/mol. The lowest BCUT2D eigenvalue weighted by molar-refractivity contribution is -0.309. The Bertz CT molecular complexity index is 1120. The quantitative estimate of drug-likeness (QED) is 0.403. The smallest absolute Gasteiger partial charge is 0.316 e. The van der Waals surface area contributed by atoms with Crippen LogP contribution < -0.4 is 5.73 Å². The van der Waals surface area contributed by atoms with E-state index < -0.39 is 24.3 Å². The Balaban J connectivity index is 1.73. The molecule has 0 amide bonds. The fourth-order valence-electron chi connectivity index (χ4n) is 2.74. The average molecular weight is 435 g/mol. The summed E-state index contributed by atoms with van der Waals surface area (Å²) in [4.78, 5) is 24.1. The molecule has 31 heavy (non-hydrogen) atoms. The standard InChI is InChI=1S/C22H19N5O3S/c1-15(24)18(12-23)19(28)13-30-20(29)14-31-22-26-25-21(16-8-4-2-5-9-16)27(22)17-10-6-3-7-11-17/h2-11,18H,1,13-14,24H2/p+1/t18-/m1/s1. The average Bonchev–Trinajstić information content (AvgIpc) is 3.21. The van der Waals surface area contributed by atoms with Gasteiger partial charge in [-0.1, -0.05) is 60.3 Å². The zero-order valence-corrected chi connectivity index (χ0v) is 17.4. The minimum atomic E-state index is -1.09. The largest absolute Gasteiger partial charge is 0.457 e. The number of aromatic nitrogens is 3.